The van der Waals surface area contributed by atoms with Gasteiger partial charge in [0.25, 0.3) is 0 Å². The van der Waals surface area contributed by atoms with Crippen molar-refractivity contribution in [3.63, 3.8) is 0 Å². The summed E-state index contributed by atoms with van der Waals surface area (Å²) in [5.74, 6) is 0.419. The summed E-state index contributed by atoms with van der Waals surface area (Å²) in [6.45, 7) is 20.9. The molecule has 7 nitrogen and oxygen atoms in total. The van der Waals surface area contributed by atoms with Gasteiger partial charge in [-0.05, 0) is 64.1 Å². The number of amides is 1. The van der Waals surface area contributed by atoms with Crippen molar-refractivity contribution < 1.29 is 14.0 Å². The minimum atomic E-state index is -1.92. The first-order valence-electron chi connectivity index (χ1n) is 12.3. The maximum Gasteiger partial charge on any atom is 0.407 e. The lowest BCUT2D eigenvalue weighted by Gasteiger charge is -2.40. The van der Waals surface area contributed by atoms with Crippen LogP contribution in [0.5, 0.6) is 0 Å². The van der Waals surface area contributed by atoms with E-state index in [1.54, 1.807) is 6.20 Å². The summed E-state index contributed by atoms with van der Waals surface area (Å²) in [5.41, 5.74) is 10.0. The van der Waals surface area contributed by atoms with E-state index in [0.29, 0.717) is 18.2 Å². The van der Waals surface area contributed by atoms with Crippen LogP contribution in [0.4, 0.5) is 16.2 Å². The van der Waals surface area contributed by atoms with Crippen molar-refractivity contribution in [2.45, 2.75) is 104 Å². The number of fused-ring (bicyclic) bond motifs is 1. The molecule has 1 aromatic rings. The zero-order valence-corrected chi connectivity index (χ0v) is 23.0. The Kier molecular flexibility index (Phi) is 7.12. The van der Waals surface area contributed by atoms with E-state index in [2.05, 4.69) is 51.0 Å². The molecule has 0 radical (unpaired) electrons. The summed E-state index contributed by atoms with van der Waals surface area (Å²) in [5, 5.41) is 3.22. The highest BCUT2D eigenvalue weighted by atomic mass is 28.4. The standard InChI is InChI=1S/C25H44N4O3Si/c1-16-12-17(28-23(30)31-24(2,3)4)15-29(14-16)22-18-10-11-20(21(18)27-13-19(22)26)32-33(8,9)25(5,6)7/h13,16-17,20H,10-12,14-15,26H2,1-9H3,(H,28,30)/t16-,17+,20-/m1/s1. The molecular weight excluding hydrogens is 432 g/mol. The largest absolute Gasteiger partial charge is 0.444 e. The van der Waals surface area contributed by atoms with Gasteiger partial charge in [-0.1, -0.05) is 27.7 Å². The normalized spacial score (nSPS) is 23.9. The topological polar surface area (TPSA) is 89.7 Å². The molecule has 0 saturated carbocycles. The molecule has 186 valence electrons. The van der Waals surface area contributed by atoms with E-state index in [1.807, 2.05) is 20.8 Å². The van der Waals surface area contributed by atoms with Gasteiger partial charge in [0.2, 0.25) is 0 Å². The van der Waals surface area contributed by atoms with Crippen LogP contribution in [0, 0.1) is 5.92 Å². The van der Waals surface area contributed by atoms with Crippen LogP contribution in [0.1, 0.15) is 78.7 Å². The van der Waals surface area contributed by atoms with E-state index in [4.69, 9.17) is 19.9 Å². The molecule has 3 rings (SSSR count). The van der Waals surface area contributed by atoms with Crippen molar-refractivity contribution in [2.75, 3.05) is 23.7 Å². The lowest BCUT2D eigenvalue weighted by molar-refractivity contribution is 0.0495. The lowest BCUT2D eigenvalue weighted by atomic mass is 9.94. The van der Waals surface area contributed by atoms with Crippen LogP contribution < -0.4 is 16.0 Å². The first kappa shape index (κ1) is 25.8. The van der Waals surface area contributed by atoms with Crippen molar-refractivity contribution in [1.29, 1.82) is 0 Å². The number of anilines is 2. The van der Waals surface area contributed by atoms with Crippen molar-refractivity contribution in [1.82, 2.24) is 10.3 Å². The minimum Gasteiger partial charge on any atom is -0.444 e. The molecule has 1 aliphatic heterocycles. The zero-order chi connectivity index (χ0) is 24.8. The van der Waals surface area contributed by atoms with Crippen LogP contribution in [0.15, 0.2) is 6.20 Å². The molecular formula is C25H44N4O3Si. The number of rotatable bonds is 4. The van der Waals surface area contributed by atoms with E-state index in [-0.39, 0.29) is 23.3 Å². The molecule has 3 N–H and O–H groups in total. The molecule has 2 aliphatic rings. The first-order chi connectivity index (χ1) is 15.1. The predicted molar refractivity (Wildman–Crippen MR) is 137 cm³/mol. The van der Waals surface area contributed by atoms with Crippen molar-refractivity contribution in [2.24, 2.45) is 5.92 Å². The van der Waals surface area contributed by atoms with Gasteiger partial charge in [-0.25, -0.2) is 4.79 Å². The number of hydrogen-bond acceptors (Lipinski definition) is 6. The number of pyridine rings is 1. The number of nitrogen functional groups attached to an aromatic ring is 1. The SMILES string of the molecule is C[C@@H]1C[C@H](NC(=O)OC(C)(C)C)CN(c2c(N)cnc3c2CC[C@H]3O[Si](C)(C)C(C)(C)C)C1. The number of carbonyl (C=O) groups is 1. The monoisotopic (exact) mass is 476 g/mol. The second-order valence-corrected chi connectivity index (χ2v) is 17.2. The minimum absolute atomic E-state index is 0.00694. The van der Waals surface area contributed by atoms with E-state index < -0.39 is 13.9 Å². The van der Waals surface area contributed by atoms with Gasteiger partial charge < -0.3 is 25.1 Å². The van der Waals surface area contributed by atoms with Crippen LogP contribution in [-0.4, -0.2) is 44.1 Å². The van der Waals surface area contributed by atoms with Crippen LogP contribution in [0.2, 0.25) is 18.1 Å². The fourth-order valence-corrected chi connectivity index (χ4v) is 5.94. The maximum absolute atomic E-state index is 12.4. The molecule has 3 atom stereocenters. The highest BCUT2D eigenvalue weighted by Crippen LogP contribution is 2.46. The van der Waals surface area contributed by atoms with Crippen molar-refractivity contribution in [3.05, 3.63) is 17.5 Å². The summed E-state index contributed by atoms with van der Waals surface area (Å²) in [4.78, 5) is 19.5. The summed E-state index contributed by atoms with van der Waals surface area (Å²) < 4.78 is 12.2. The number of nitrogens with two attached hydrogens (primary N) is 1. The number of hydrogen-bond donors (Lipinski definition) is 2. The Morgan fingerprint density at radius 3 is 2.48 bits per heavy atom. The Bertz CT molecular complexity index is 876. The van der Waals surface area contributed by atoms with E-state index in [9.17, 15) is 4.79 Å². The molecule has 33 heavy (non-hydrogen) atoms. The molecule has 1 amide bonds. The van der Waals surface area contributed by atoms with Crippen LogP contribution in [0.25, 0.3) is 0 Å². The van der Waals surface area contributed by atoms with E-state index in [1.165, 1.54) is 5.56 Å². The second-order valence-electron chi connectivity index (χ2n) is 12.4. The van der Waals surface area contributed by atoms with Crippen LogP contribution >= 0.6 is 0 Å². The Morgan fingerprint density at radius 2 is 1.88 bits per heavy atom. The highest BCUT2D eigenvalue weighted by molar-refractivity contribution is 6.74. The van der Waals surface area contributed by atoms with Gasteiger partial charge in [-0.2, -0.15) is 0 Å². The smallest absolute Gasteiger partial charge is 0.407 e. The van der Waals surface area contributed by atoms with Crippen molar-refractivity contribution >= 4 is 25.8 Å². The molecule has 8 heteroatoms. The quantitative estimate of drug-likeness (QED) is 0.565. The number of aromatic nitrogens is 1. The Hall–Kier alpha value is -1.80. The summed E-state index contributed by atoms with van der Waals surface area (Å²) >= 11 is 0. The second kappa shape index (κ2) is 9.10. The number of nitrogens with zero attached hydrogens (tertiary/aromatic N) is 2. The Morgan fingerprint density at radius 1 is 1.21 bits per heavy atom. The van der Waals surface area contributed by atoms with Gasteiger partial charge in [0, 0.05) is 24.7 Å². The number of ether oxygens (including phenoxy) is 1. The number of nitrogens with one attached hydrogen (secondary N) is 1. The molecule has 0 spiro atoms. The number of carbonyl (C=O) groups excluding carboxylic acids is 1. The molecule has 1 fully saturated rings. The van der Waals surface area contributed by atoms with Gasteiger partial charge in [0.15, 0.2) is 8.32 Å². The number of piperidine rings is 1. The number of alkyl carbamates (subject to hydrolysis) is 1. The predicted octanol–water partition coefficient (Wildman–Crippen LogP) is 5.41. The molecule has 0 unspecified atom stereocenters. The molecule has 1 aromatic heterocycles. The third-order valence-corrected chi connectivity index (χ3v) is 11.6. The van der Waals surface area contributed by atoms with Crippen molar-refractivity contribution in [3.8, 4) is 0 Å². The van der Waals surface area contributed by atoms with Gasteiger partial charge in [-0.3, -0.25) is 4.98 Å². The molecule has 1 saturated heterocycles. The van der Waals surface area contributed by atoms with Gasteiger partial charge >= 0.3 is 6.09 Å². The molecule has 0 bridgehead atoms. The summed E-state index contributed by atoms with van der Waals surface area (Å²) in [6.07, 6.45) is 4.22. The average Bonchev–Trinajstić information content (AvgIpc) is 3.00. The zero-order valence-electron chi connectivity index (χ0n) is 22.0. The fourth-order valence-electron chi connectivity index (χ4n) is 4.64. The molecule has 2 heterocycles. The van der Waals surface area contributed by atoms with E-state index >= 15 is 0 Å². The maximum atomic E-state index is 12.4. The Labute approximate surface area is 200 Å². The fraction of sp³-hybridized carbons (Fsp3) is 0.760. The summed E-state index contributed by atoms with van der Waals surface area (Å²) in [7, 11) is -1.92. The molecule has 1 aliphatic carbocycles. The van der Waals surface area contributed by atoms with Gasteiger partial charge in [0.05, 0.1) is 29.4 Å². The van der Waals surface area contributed by atoms with Gasteiger partial charge in [0.1, 0.15) is 5.60 Å². The average molecular weight is 477 g/mol. The third-order valence-electron chi connectivity index (χ3n) is 7.11. The van der Waals surface area contributed by atoms with Gasteiger partial charge in [-0.15, -0.1) is 0 Å². The molecule has 0 aromatic carbocycles. The van der Waals surface area contributed by atoms with Crippen LogP contribution in [0.3, 0.4) is 0 Å². The first-order valence-corrected chi connectivity index (χ1v) is 15.2. The van der Waals surface area contributed by atoms with Crippen LogP contribution in [-0.2, 0) is 15.6 Å². The third kappa shape index (κ3) is 6.01. The summed E-state index contributed by atoms with van der Waals surface area (Å²) in [6, 6.07) is 0.00694. The highest BCUT2D eigenvalue weighted by Gasteiger charge is 2.42. The Balaban J connectivity index is 1.82. The lowest BCUT2D eigenvalue weighted by Crippen LogP contribution is -2.51. The van der Waals surface area contributed by atoms with E-state index in [0.717, 1.165) is 37.2 Å².